The van der Waals surface area contributed by atoms with Crippen LogP contribution in [0.25, 0.3) is 0 Å². The lowest BCUT2D eigenvalue weighted by molar-refractivity contribution is -0.119. The van der Waals surface area contributed by atoms with E-state index in [1.165, 1.54) is 6.92 Å². The van der Waals surface area contributed by atoms with Gasteiger partial charge < -0.3 is 5.32 Å². The van der Waals surface area contributed by atoms with Gasteiger partial charge in [-0.15, -0.1) is 0 Å². The number of carbonyl (C=O) groups is 1. The van der Waals surface area contributed by atoms with Gasteiger partial charge in [0.1, 0.15) is 6.67 Å². The van der Waals surface area contributed by atoms with E-state index >= 15 is 0 Å². The Kier molecular flexibility index (Phi) is 3.43. The Morgan fingerprint density at radius 2 is 2.08 bits per heavy atom. The van der Waals surface area contributed by atoms with Crippen LogP contribution in [-0.4, -0.2) is 12.6 Å². The molecule has 1 amide bonds. The predicted molar refractivity (Wildman–Crippen MR) is 49.0 cm³/mol. The third-order valence-electron chi connectivity index (χ3n) is 1.73. The number of nitrogens with one attached hydrogen (secondary N) is 1. The van der Waals surface area contributed by atoms with Crippen molar-refractivity contribution in [3.63, 3.8) is 0 Å². The zero-order chi connectivity index (χ0) is 9.68. The minimum Gasteiger partial charge on any atom is -0.347 e. The van der Waals surface area contributed by atoms with Gasteiger partial charge in [0.05, 0.1) is 6.04 Å². The fourth-order valence-electron chi connectivity index (χ4n) is 1.14. The maximum Gasteiger partial charge on any atom is 0.217 e. The first-order chi connectivity index (χ1) is 6.24. The van der Waals surface area contributed by atoms with Crippen LogP contribution < -0.4 is 5.32 Å². The summed E-state index contributed by atoms with van der Waals surface area (Å²) < 4.78 is 12.5. The van der Waals surface area contributed by atoms with Crippen molar-refractivity contribution in [1.29, 1.82) is 0 Å². The summed E-state index contributed by atoms with van der Waals surface area (Å²) in [4.78, 5) is 10.7. The van der Waals surface area contributed by atoms with Gasteiger partial charge in [-0.1, -0.05) is 30.3 Å². The van der Waals surface area contributed by atoms with E-state index in [0.29, 0.717) is 0 Å². The fourth-order valence-corrected chi connectivity index (χ4v) is 1.14. The van der Waals surface area contributed by atoms with E-state index in [1.807, 2.05) is 18.2 Å². The lowest BCUT2D eigenvalue weighted by Crippen LogP contribution is -2.27. The minimum absolute atomic E-state index is 0.216. The van der Waals surface area contributed by atoms with E-state index in [0.717, 1.165) is 5.56 Å². The van der Waals surface area contributed by atoms with Crippen LogP contribution in [0.2, 0.25) is 0 Å². The molecule has 0 unspecified atom stereocenters. The highest BCUT2D eigenvalue weighted by Crippen LogP contribution is 2.12. The van der Waals surface area contributed by atoms with Crippen LogP contribution in [0.5, 0.6) is 0 Å². The number of hydrogen-bond acceptors (Lipinski definition) is 1. The molecule has 13 heavy (non-hydrogen) atoms. The molecule has 3 heteroatoms. The van der Waals surface area contributed by atoms with E-state index < -0.39 is 12.7 Å². The molecule has 1 rings (SSSR count). The van der Waals surface area contributed by atoms with Crippen molar-refractivity contribution in [3.8, 4) is 0 Å². The fraction of sp³-hybridized carbons (Fsp3) is 0.300. The van der Waals surface area contributed by atoms with Gasteiger partial charge in [0.15, 0.2) is 0 Å². The first kappa shape index (κ1) is 9.71. The quantitative estimate of drug-likeness (QED) is 0.757. The summed E-state index contributed by atoms with van der Waals surface area (Å²) in [5.41, 5.74) is 0.792. The summed E-state index contributed by atoms with van der Waals surface area (Å²) in [6, 6.07) is 8.56. The molecule has 1 aromatic rings. The van der Waals surface area contributed by atoms with Crippen molar-refractivity contribution >= 4 is 5.91 Å². The molecule has 0 radical (unpaired) electrons. The van der Waals surface area contributed by atoms with Crippen LogP contribution in [0.3, 0.4) is 0 Å². The van der Waals surface area contributed by atoms with Crippen molar-refractivity contribution in [3.05, 3.63) is 35.9 Å². The second-order valence-electron chi connectivity index (χ2n) is 2.82. The Hall–Kier alpha value is -1.38. The standard InChI is InChI=1S/C10H12FNO/c1-8(13)12-10(7-11)9-5-3-2-4-6-9/h2-6,10H,7H2,1H3,(H,12,13)/t10-/m1/s1. The molecule has 2 nitrogen and oxygen atoms in total. The smallest absolute Gasteiger partial charge is 0.217 e. The number of benzene rings is 1. The number of rotatable bonds is 3. The lowest BCUT2D eigenvalue weighted by atomic mass is 10.1. The van der Waals surface area contributed by atoms with Crippen molar-refractivity contribution < 1.29 is 9.18 Å². The highest BCUT2D eigenvalue weighted by molar-refractivity contribution is 5.73. The van der Waals surface area contributed by atoms with Gasteiger partial charge in [-0.25, -0.2) is 4.39 Å². The second-order valence-corrected chi connectivity index (χ2v) is 2.82. The maximum atomic E-state index is 12.5. The van der Waals surface area contributed by atoms with Gasteiger partial charge in [-0.2, -0.15) is 0 Å². The number of halogens is 1. The summed E-state index contributed by atoms with van der Waals surface area (Å²) in [5, 5.41) is 2.53. The first-order valence-corrected chi connectivity index (χ1v) is 4.12. The van der Waals surface area contributed by atoms with E-state index in [2.05, 4.69) is 5.32 Å². The number of amides is 1. The average molecular weight is 181 g/mol. The van der Waals surface area contributed by atoms with Crippen LogP contribution in [-0.2, 0) is 4.79 Å². The highest BCUT2D eigenvalue weighted by atomic mass is 19.1. The minimum atomic E-state index is -0.580. The predicted octanol–water partition coefficient (Wildman–Crippen LogP) is 1.83. The van der Waals surface area contributed by atoms with Crippen molar-refractivity contribution in [2.45, 2.75) is 13.0 Å². The molecule has 1 atom stereocenters. The highest BCUT2D eigenvalue weighted by Gasteiger charge is 2.10. The summed E-state index contributed by atoms with van der Waals surface area (Å²) in [6.45, 7) is 0.801. The molecule has 0 saturated heterocycles. The number of hydrogen-bond donors (Lipinski definition) is 1. The summed E-state index contributed by atoms with van der Waals surface area (Å²) in [5.74, 6) is -0.216. The van der Waals surface area contributed by atoms with Crippen LogP contribution in [0.4, 0.5) is 4.39 Å². The Balaban J connectivity index is 2.73. The molecule has 0 bridgehead atoms. The largest absolute Gasteiger partial charge is 0.347 e. The third kappa shape index (κ3) is 2.86. The van der Waals surface area contributed by atoms with Crippen LogP contribution >= 0.6 is 0 Å². The first-order valence-electron chi connectivity index (χ1n) is 4.12. The van der Waals surface area contributed by atoms with Crippen LogP contribution in [0.15, 0.2) is 30.3 Å². The Morgan fingerprint density at radius 3 is 2.54 bits per heavy atom. The molecule has 0 aliphatic carbocycles. The molecule has 70 valence electrons. The van der Waals surface area contributed by atoms with Crippen molar-refractivity contribution in [2.75, 3.05) is 6.67 Å². The monoisotopic (exact) mass is 181 g/mol. The molecule has 0 heterocycles. The maximum absolute atomic E-state index is 12.5. The van der Waals surface area contributed by atoms with Crippen molar-refractivity contribution in [2.24, 2.45) is 0 Å². The molecule has 0 fully saturated rings. The normalized spacial score (nSPS) is 12.2. The molecule has 1 aromatic carbocycles. The van der Waals surface area contributed by atoms with Crippen molar-refractivity contribution in [1.82, 2.24) is 5.32 Å². The van der Waals surface area contributed by atoms with E-state index in [9.17, 15) is 9.18 Å². The summed E-state index contributed by atoms with van der Waals surface area (Å²) in [7, 11) is 0. The molecule has 0 aliphatic rings. The Labute approximate surface area is 76.8 Å². The Bertz CT molecular complexity index is 274. The zero-order valence-electron chi connectivity index (χ0n) is 7.46. The van der Waals surface area contributed by atoms with Gasteiger partial charge in [-0.05, 0) is 5.56 Å². The van der Waals surface area contributed by atoms with Crippen LogP contribution in [0.1, 0.15) is 18.5 Å². The van der Waals surface area contributed by atoms with Gasteiger partial charge in [0, 0.05) is 6.92 Å². The number of carbonyl (C=O) groups excluding carboxylic acids is 1. The van der Waals surface area contributed by atoms with Crippen LogP contribution in [0, 0.1) is 0 Å². The topological polar surface area (TPSA) is 29.1 Å². The summed E-state index contributed by atoms with van der Waals surface area (Å²) in [6.07, 6.45) is 0. The van der Waals surface area contributed by atoms with E-state index in [1.54, 1.807) is 12.1 Å². The van der Waals surface area contributed by atoms with Gasteiger partial charge in [0.2, 0.25) is 5.91 Å². The molecular formula is C10H12FNO. The zero-order valence-corrected chi connectivity index (χ0v) is 7.46. The summed E-state index contributed by atoms with van der Waals surface area (Å²) >= 11 is 0. The SMILES string of the molecule is CC(=O)N[C@H](CF)c1ccccc1. The molecule has 0 aliphatic heterocycles. The third-order valence-corrected chi connectivity index (χ3v) is 1.73. The average Bonchev–Trinajstić information content (AvgIpc) is 2.15. The van der Waals surface area contributed by atoms with Gasteiger partial charge >= 0.3 is 0 Å². The van der Waals surface area contributed by atoms with Gasteiger partial charge in [0.25, 0.3) is 0 Å². The van der Waals surface area contributed by atoms with E-state index in [4.69, 9.17) is 0 Å². The molecule has 0 saturated carbocycles. The second kappa shape index (κ2) is 4.60. The number of alkyl halides is 1. The Morgan fingerprint density at radius 1 is 1.46 bits per heavy atom. The molecule has 1 N–H and O–H groups in total. The molecule has 0 spiro atoms. The molecular weight excluding hydrogens is 169 g/mol. The lowest BCUT2D eigenvalue weighted by Gasteiger charge is -2.13. The van der Waals surface area contributed by atoms with E-state index in [-0.39, 0.29) is 5.91 Å². The molecule has 0 aromatic heterocycles. The van der Waals surface area contributed by atoms with Gasteiger partial charge in [-0.3, -0.25) is 4.79 Å².